The van der Waals surface area contributed by atoms with Crippen molar-refractivity contribution in [2.45, 2.75) is 31.1 Å². The van der Waals surface area contributed by atoms with Gasteiger partial charge in [-0.15, -0.1) is 23.2 Å². The first kappa shape index (κ1) is 17.2. The second kappa shape index (κ2) is 5.70. The Morgan fingerprint density at radius 1 is 1.42 bits per heavy atom. The number of benzene rings is 1. The van der Waals surface area contributed by atoms with Gasteiger partial charge in [0.15, 0.2) is 0 Å². The predicted molar refractivity (Wildman–Crippen MR) is 88.2 cm³/mol. The number of nitrogens with one attached hydrogen (secondary N) is 1. The number of nitrogens with zero attached hydrogens (tertiary/aromatic N) is 2. The first-order chi connectivity index (χ1) is 11.1. The molecule has 0 radical (unpaired) electrons. The molecule has 24 heavy (non-hydrogen) atoms. The second-order valence-electron chi connectivity index (χ2n) is 6.24. The molecule has 1 amide bonds. The fourth-order valence-electron chi connectivity index (χ4n) is 2.48. The second-order valence-corrected chi connectivity index (χ2v) is 7.72. The van der Waals surface area contributed by atoms with Crippen LogP contribution in [0.1, 0.15) is 24.5 Å². The zero-order valence-electron chi connectivity index (χ0n) is 13.0. The van der Waals surface area contributed by atoms with Crippen LogP contribution in [0.15, 0.2) is 24.4 Å². The summed E-state index contributed by atoms with van der Waals surface area (Å²) in [5.74, 6) is -1.02. The van der Waals surface area contributed by atoms with Gasteiger partial charge in [0, 0.05) is 11.1 Å². The molecule has 128 valence electrons. The lowest BCUT2D eigenvalue weighted by atomic mass is 10.1. The number of halogens is 4. The number of alkyl halides is 2. The largest absolute Gasteiger partial charge is 0.310 e. The summed E-state index contributed by atoms with van der Waals surface area (Å²) in [5, 5.41) is 6.87. The fraction of sp³-hybridized carbons (Fsp3) is 0.375. The summed E-state index contributed by atoms with van der Waals surface area (Å²) in [6.07, 6.45) is 1.89. The van der Waals surface area contributed by atoms with Gasteiger partial charge in [-0.2, -0.15) is 5.10 Å². The molecule has 0 aliphatic heterocycles. The zero-order valence-corrected chi connectivity index (χ0v) is 14.6. The highest BCUT2D eigenvalue weighted by Gasteiger charge is 2.68. The Hall–Kier alpha value is -1.66. The smallest absolute Gasteiger partial charge is 0.234 e. The van der Waals surface area contributed by atoms with Crippen LogP contribution >= 0.6 is 23.2 Å². The van der Waals surface area contributed by atoms with Crippen LogP contribution in [-0.2, 0) is 11.3 Å². The van der Waals surface area contributed by atoms with Crippen LogP contribution in [0, 0.1) is 24.0 Å². The van der Waals surface area contributed by atoms with Crippen molar-refractivity contribution in [1.82, 2.24) is 9.78 Å². The van der Waals surface area contributed by atoms with Crippen molar-refractivity contribution < 1.29 is 13.6 Å². The first-order valence-electron chi connectivity index (χ1n) is 7.30. The molecule has 0 saturated heterocycles. The molecular weight excluding hydrogens is 359 g/mol. The van der Waals surface area contributed by atoms with E-state index in [0.29, 0.717) is 17.8 Å². The molecule has 4 nitrogen and oxygen atoms in total. The molecule has 0 bridgehead atoms. The summed E-state index contributed by atoms with van der Waals surface area (Å²) in [6.45, 7) is 3.41. The molecule has 0 spiro atoms. The summed E-state index contributed by atoms with van der Waals surface area (Å²) < 4.78 is 27.5. The third-order valence-electron chi connectivity index (χ3n) is 4.34. The van der Waals surface area contributed by atoms with E-state index in [0.717, 1.165) is 18.2 Å². The summed E-state index contributed by atoms with van der Waals surface area (Å²) in [4.78, 5) is 12.4. The van der Waals surface area contributed by atoms with E-state index >= 15 is 0 Å². The highest BCUT2D eigenvalue weighted by atomic mass is 35.5. The van der Waals surface area contributed by atoms with E-state index in [4.69, 9.17) is 23.2 Å². The lowest BCUT2D eigenvalue weighted by Crippen LogP contribution is -2.27. The average Bonchev–Trinajstić information content (AvgIpc) is 2.85. The fourth-order valence-corrected chi connectivity index (χ4v) is 3.19. The van der Waals surface area contributed by atoms with Crippen LogP contribution in [0.25, 0.3) is 0 Å². The van der Waals surface area contributed by atoms with Crippen molar-refractivity contribution in [3.8, 4) is 0 Å². The maximum atomic E-state index is 13.8. The predicted octanol–water partition coefficient (Wildman–Crippen LogP) is 4.04. The number of carbonyl (C=O) groups excluding carboxylic acids is 1. The van der Waals surface area contributed by atoms with E-state index in [1.54, 1.807) is 13.8 Å². The number of hydrogen-bond acceptors (Lipinski definition) is 2. The molecule has 1 fully saturated rings. The van der Waals surface area contributed by atoms with E-state index in [9.17, 15) is 13.6 Å². The van der Waals surface area contributed by atoms with E-state index in [1.165, 1.54) is 10.9 Å². The number of hydrogen-bond donors (Lipinski definition) is 1. The Morgan fingerprint density at radius 3 is 2.71 bits per heavy atom. The molecule has 1 unspecified atom stereocenters. The lowest BCUT2D eigenvalue weighted by molar-refractivity contribution is -0.120. The van der Waals surface area contributed by atoms with E-state index in [2.05, 4.69) is 10.4 Å². The van der Waals surface area contributed by atoms with E-state index < -0.39 is 21.4 Å². The van der Waals surface area contributed by atoms with Gasteiger partial charge >= 0.3 is 0 Å². The highest BCUT2D eigenvalue weighted by Crippen LogP contribution is 2.64. The van der Waals surface area contributed by atoms with Gasteiger partial charge in [0.1, 0.15) is 21.8 Å². The summed E-state index contributed by atoms with van der Waals surface area (Å²) in [6, 6.07) is 3.20. The van der Waals surface area contributed by atoms with Crippen LogP contribution < -0.4 is 5.32 Å². The van der Waals surface area contributed by atoms with Crippen LogP contribution in [0.4, 0.5) is 14.6 Å². The maximum Gasteiger partial charge on any atom is 0.234 e. The molecule has 2 aromatic rings. The first-order valence-corrected chi connectivity index (χ1v) is 8.05. The Bertz CT molecular complexity index is 822. The number of aryl methyl sites for hydroxylation is 1. The SMILES string of the molecule is Cc1cnn(Cc2cc(F)ccc2F)c1NC(=O)C1(C)CC1(Cl)Cl. The van der Waals surface area contributed by atoms with Gasteiger partial charge in [-0.25, -0.2) is 13.5 Å². The number of carbonyl (C=O) groups is 1. The zero-order chi connectivity index (χ0) is 17.7. The van der Waals surface area contributed by atoms with Crippen LogP contribution in [0.2, 0.25) is 0 Å². The molecule has 1 aromatic heterocycles. The molecule has 1 aromatic carbocycles. The van der Waals surface area contributed by atoms with Crippen molar-refractivity contribution in [1.29, 1.82) is 0 Å². The van der Waals surface area contributed by atoms with Crippen molar-refractivity contribution in [3.63, 3.8) is 0 Å². The van der Waals surface area contributed by atoms with Gasteiger partial charge in [0.05, 0.1) is 18.2 Å². The van der Waals surface area contributed by atoms with Crippen molar-refractivity contribution in [3.05, 3.63) is 47.2 Å². The minimum atomic E-state index is -1.09. The molecule has 3 rings (SSSR count). The van der Waals surface area contributed by atoms with Gasteiger partial charge < -0.3 is 5.32 Å². The molecule has 1 aliphatic carbocycles. The quantitative estimate of drug-likeness (QED) is 0.822. The third kappa shape index (κ3) is 2.89. The Labute approximate surface area is 147 Å². The van der Waals surface area contributed by atoms with Gasteiger partial charge in [-0.3, -0.25) is 4.79 Å². The van der Waals surface area contributed by atoms with Gasteiger partial charge in [0.25, 0.3) is 0 Å². The molecule has 8 heteroatoms. The van der Waals surface area contributed by atoms with Crippen molar-refractivity contribution >= 4 is 34.9 Å². The third-order valence-corrected chi connectivity index (χ3v) is 5.44. The van der Waals surface area contributed by atoms with Crippen molar-refractivity contribution in [2.24, 2.45) is 5.41 Å². The number of anilines is 1. The summed E-state index contributed by atoms with van der Waals surface area (Å²) >= 11 is 12.0. The Kier molecular flexibility index (Phi) is 4.08. The monoisotopic (exact) mass is 373 g/mol. The summed E-state index contributed by atoms with van der Waals surface area (Å²) in [7, 11) is 0. The minimum Gasteiger partial charge on any atom is -0.310 e. The normalized spacial score (nSPS) is 21.6. The number of amides is 1. The van der Waals surface area contributed by atoms with Crippen LogP contribution in [-0.4, -0.2) is 20.0 Å². The molecule has 1 N–H and O–H groups in total. The summed E-state index contributed by atoms with van der Waals surface area (Å²) in [5.41, 5.74) is -0.0590. The molecule has 1 heterocycles. The number of rotatable bonds is 4. The van der Waals surface area contributed by atoms with Gasteiger partial charge in [-0.1, -0.05) is 0 Å². The van der Waals surface area contributed by atoms with Gasteiger partial charge in [-0.05, 0) is 38.5 Å². The van der Waals surface area contributed by atoms with Crippen LogP contribution in [0.3, 0.4) is 0 Å². The van der Waals surface area contributed by atoms with E-state index in [1.807, 2.05) is 0 Å². The van der Waals surface area contributed by atoms with Crippen molar-refractivity contribution in [2.75, 3.05) is 5.32 Å². The van der Waals surface area contributed by atoms with Gasteiger partial charge in [0.2, 0.25) is 5.91 Å². The highest BCUT2D eigenvalue weighted by molar-refractivity contribution is 6.53. The Morgan fingerprint density at radius 2 is 2.08 bits per heavy atom. The molecular formula is C16H15Cl2F2N3O. The maximum absolute atomic E-state index is 13.8. The molecule has 1 saturated carbocycles. The van der Waals surface area contributed by atoms with Crippen LogP contribution in [0.5, 0.6) is 0 Å². The topological polar surface area (TPSA) is 46.9 Å². The molecule has 1 aliphatic rings. The average molecular weight is 374 g/mol. The lowest BCUT2D eigenvalue weighted by Gasteiger charge is -2.15. The standard InChI is InChI=1S/C16H15Cl2F2N3O/c1-9-6-21-23(7-10-5-11(19)3-4-12(10)20)13(9)22-14(24)15(2)8-16(15,17)18/h3-6H,7-8H2,1-2H3,(H,22,24). The minimum absolute atomic E-state index is 0.0172. The number of aromatic nitrogens is 2. The Balaban J connectivity index is 1.85. The van der Waals surface area contributed by atoms with E-state index in [-0.39, 0.29) is 18.0 Å². The molecule has 1 atom stereocenters.